The van der Waals surface area contributed by atoms with Gasteiger partial charge in [-0.2, -0.15) is 0 Å². The van der Waals surface area contributed by atoms with Crippen molar-refractivity contribution >= 4 is 17.4 Å². The third kappa shape index (κ3) is 3.60. The molecule has 24 heavy (non-hydrogen) atoms. The van der Waals surface area contributed by atoms with Crippen LogP contribution in [0.5, 0.6) is 0 Å². The van der Waals surface area contributed by atoms with Gasteiger partial charge in [0.15, 0.2) is 0 Å². The Morgan fingerprint density at radius 2 is 2.00 bits per heavy atom. The van der Waals surface area contributed by atoms with Crippen LogP contribution in [0.3, 0.4) is 0 Å². The molecule has 0 aliphatic carbocycles. The number of hydrogen-bond acceptors (Lipinski definition) is 4. The fourth-order valence-electron chi connectivity index (χ4n) is 4.47. The smallest absolute Gasteiger partial charge is 0.317 e. The maximum atomic E-state index is 12.5. The van der Waals surface area contributed by atoms with Crippen molar-refractivity contribution in [3.63, 3.8) is 0 Å². The second-order valence-corrected chi connectivity index (χ2v) is 8.24. The lowest BCUT2D eigenvalue weighted by Crippen LogP contribution is -2.58. The average molecular weight is 350 g/mol. The largest absolute Gasteiger partial charge is 0.378 e. The van der Waals surface area contributed by atoms with Crippen molar-refractivity contribution in [2.75, 3.05) is 26.3 Å². The number of carbonyl (C=O) groups is 1. The van der Waals surface area contributed by atoms with Crippen molar-refractivity contribution in [3.05, 3.63) is 22.4 Å². The molecule has 132 valence electrons. The highest BCUT2D eigenvalue weighted by molar-refractivity contribution is 7.09. The summed E-state index contributed by atoms with van der Waals surface area (Å²) in [7, 11) is 0. The summed E-state index contributed by atoms with van der Waals surface area (Å²) >= 11 is 1.86. The van der Waals surface area contributed by atoms with Gasteiger partial charge in [-0.1, -0.05) is 12.5 Å². The number of ether oxygens (including phenoxy) is 1. The molecule has 3 aliphatic rings. The van der Waals surface area contributed by atoms with E-state index < -0.39 is 0 Å². The summed E-state index contributed by atoms with van der Waals surface area (Å²) in [4.78, 5) is 18.5. The molecule has 3 saturated heterocycles. The van der Waals surface area contributed by atoms with Crippen molar-refractivity contribution in [3.8, 4) is 0 Å². The minimum Gasteiger partial charge on any atom is -0.378 e. The average Bonchev–Trinajstić information content (AvgIpc) is 3.09. The Morgan fingerprint density at radius 3 is 2.67 bits per heavy atom. The summed E-state index contributed by atoms with van der Waals surface area (Å²) in [5, 5.41) is 5.47. The van der Waals surface area contributed by atoms with E-state index in [1.807, 2.05) is 16.2 Å². The number of fused-ring (bicyclic) bond motifs is 2. The van der Waals surface area contributed by atoms with E-state index >= 15 is 0 Å². The molecule has 4 heterocycles. The Hall–Kier alpha value is -1.11. The molecular formula is C18H27N3O2S. The van der Waals surface area contributed by atoms with Crippen LogP contribution in [-0.2, 0) is 11.3 Å². The highest BCUT2D eigenvalue weighted by Gasteiger charge is 2.39. The number of nitrogens with one attached hydrogen (secondary N) is 1. The van der Waals surface area contributed by atoms with Gasteiger partial charge in [0.25, 0.3) is 0 Å². The van der Waals surface area contributed by atoms with E-state index in [1.165, 1.54) is 24.1 Å². The normalized spacial score (nSPS) is 31.0. The first-order valence-corrected chi connectivity index (χ1v) is 10.1. The quantitative estimate of drug-likeness (QED) is 0.912. The number of carbonyl (C=O) groups excluding carboxylic acids is 1. The third-order valence-electron chi connectivity index (χ3n) is 5.67. The number of rotatable bonds is 3. The first kappa shape index (κ1) is 16.4. The van der Waals surface area contributed by atoms with Gasteiger partial charge in [-0.3, -0.25) is 4.90 Å². The summed E-state index contributed by atoms with van der Waals surface area (Å²) < 4.78 is 5.34. The monoisotopic (exact) mass is 349 g/mol. The zero-order chi connectivity index (χ0) is 16.4. The number of nitrogens with zero attached hydrogens (tertiary/aromatic N) is 2. The van der Waals surface area contributed by atoms with Gasteiger partial charge in [0.2, 0.25) is 0 Å². The molecule has 2 bridgehead atoms. The molecule has 2 amide bonds. The second-order valence-electron chi connectivity index (χ2n) is 7.21. The Kier molecular flexibility index (Phi) is 5.06. The molecule has 3 aliphatic heterocycles. The van der Waals surface area contributed by atoms with E-state index in [4.69, 9.17) is 4.74 Å². The third-order valence-corrected chi connectivity index (χ3v) is 6.53. The van der Waals surface area contributed by atoms with Crippen LogP contribution >= 0.6 is 11.3 Å². The van der Waals surface area contributed by atoms with Crippen molar-refractivity contribution < 1.29 is 9.53 Å². The summed E-state index contributed by atoms with van der Waals surface area (Å²) in [6.45, 7) is 3.85. The molecule has 5 nitrogen and oxygen atoms in total. The van der Waals surface area contributed by atoms with Crippen molar-refractivity contribution in [1.29, 1.82) is 0 Å². The number of urea groups is 1. The fourth-order valence-corrected chi connectivity index (χ4v) is 5.18. The molecule has 0 spiro atoms. The van der Waals surface area contributed by atoms with Crippen LogP contribution < -0.4 is 5.32 Å². The van der Waals surface area contributed by atoms with E-state index in [9.17, 15) is 4.79 Å². The van der Waals surface area contributed by atoms with Gasteiger partial charge in [-0.25, -0.2) is 4.79 Å². The predicted molar refractivity (Wildman–Crippen MR) is 95.2 cm³/mol. The Morgan fingerprint density at radius 1 is 1.25 bits per heavy atom. The molecule has 1 N–H and O–H groups in total. The van der Waals surface area contributed by atoms with Gasteiger partial charge in [0, 0.05) is 42.6 Å². The van der Waals surface area contributed by atoms with Gasteiger partial charge in [0.1, 0.15) is 0 Å². The first-order chi connectivity index (χ1) is 11.8. The van der Waals surface area contributed by atoms with Crippen LogP contribution in [-0.4, -0.2) is 60.3 Å². The van der Waals surface area contributed by atoms with Gasteiger partial charge in [-0.15, -0.1) is 11.3 Å². The molecule has 1 aromatic rings. The number of hydrogen-bond donors (Lipinski definition) is 1. The lowest BCUT2D eigenvalue weighted by Gasteiger charge is -2.49. The van der Waals surface area contributed by atoms with Crippen LogP contribution in [0.2, 0.25) is 0 Å². The number of amides is 2. The predicted octanol–water partition coefficient (Wildman–Crippen LogP) is 2.68. The zero-order valence-electron chi connectivity index (χ0n) is 14.2. The number of piperidine rings is 2. The summed E-state index contributed by atoms with van der Waals surface area (Å²) in [5.41, 5.74) is 0. The van der Waals surface area contributed by atoms with Gasteiger partial charge in [0.05, 0.1) is 13.2 Å². The fraction of sp³-hybridized carbons (Fsp3) is 0.722. The standard InChI is InChI=1S/C18H27N3O2S/c22-18(20-6-8-23-9-7-20)19-14-11-15-3-1-4-16(12-14)21(15)13-17-5-2-10-24-17/h2,5,10,14-16H,1,3-4,6-9,11-13H2,(H,19,22). The molecule has 3 fully saturated rings. The number of thiophene rings is 1. The molecule has 2 atom stereocenters. The van der Waals surface area contributed by atoms with E-state index in [0.717, 1.165) is 32.5 Å². The van der Waals surface area contributed by atoms with Gasteiger partial charge in [-0.05, 0) is 37.1 Å². The maximum absolute atomic E-state index is 12.5. The molecule has 0 radical (unpaired) electrons. The molecule has 2 unspecified atom stereocenters. The zero-order valence-corrected chi connectivity index (χ0v) is 15.0. The summed E-state index contributed by atoms with van der Waals surface area (Å²) in [6, 6.07) is 6.06. The summed E-state index contributed by atoms with van der Waals surface area (Å²) in [5.74, 6) is 0. The molecule has 4 rings (SSSR count). The SMILES string of the molecule is O=C(NC1CC2CCCC(C1)N2Cc1cccs1)N1CCOCC1. The molecule has 0 aromatic carbocycles. The topological polar surface area (TPSA) is 44.8 Å². The molecule has 0 saturated carbocycles. The van der Waals surface area contributed by atoms with Crippen LogP contribution in [0.25, 0.3) is 0 Å². The Labute approximate surface area is 148 Å². The molecule has 1 aromatic heterocycles. The van der Waals surface area contributed by atoms with Crippen molar-refractivity contribution in [2.45, 2.75) is 56.8 Å². The highest BCUT2D eigenvalue weighted by atomic mass is 32.1. The van der Waals surface area contributed by atoms with E-state index in [1.54, 1.807) is 0 Å². The second kappa shape index (κ2) is 7.42. The first-order valence-electron chi connectivity index (χ1n) is 9.21. The maximum Gasteiger partial charge on any atom is 0.317 e. The minimum atomic E-state index is 0.105. The van der Waals surface area contributed by atoms with Crippen LogP contribution in [0.1, 0.15) is 37.0 Å². The van der Waals surface area contributed by atoms with Gasteiger partial charge < -0.3 is 15.0 Å². The highest BCUT2D eigenvalue weighted by Crippen LogP contribution is 2.35. The minimum absolute atomic E-state index is 0.105. The lowest BCUT2D eigenvalue weighted by molar-refractivity contribution is 0.0168. The van der Waals surface area contributed by atoms with Crippen LogP contribution in [0.15, 0.2) is 17.5 Å². The lowest BCUT2D eigenvalue weighted by atomic mass is 9.81. The Bertz CT molecular complexity index is 530. The van der Waals surface area contributed by atoms with E-state index in [0.29, 0.717) is 31.3 Å². The molecular weight excluding hydrogens is 322 g/mol. The van der Waals surface area contributed by atoms with Crippen molar-refractivity contribution in [2.24, 2.45) is 0 Å². The van der Waals surface area contributed by atoms with Crippen molar-refractivity contribution in [1.82, 2.24) is 15.1 Å². The van der Waals surface area contributed by atoms with Crippen LogP contribution in [0, 0.1) is 0 Å². The van der Waals surface area contributed by atoms with E-state index in [2.05, 4.69) is 27.7 Å². The van der Waals surface area contributed by atoms with Gasteiger partial charge >= 0.3 is 6.03 Å². The molecule has 6 heteroatoms. The summed E-state index contributed by atoms with van der Waals surface area (Å²) in [6.07, 6.45) is 6.06. The number of morpholine rings is 1. The van der Waals surface area contributed by atoms with E-state index in [-0.39, 0.29) is 6.03 Å². The van der Waals surface area contributed by atoms with Crippen LogP contribution in [0.4, 0.5) is 4.79 Å². The Balaban J connectivity index is 1.36.